The van der Waals surface area contributed by atoms with Crippen LogP contribution in [0.25, 0.3) is 0 Å². The lowest BCUT2D eigenvalue weighted by molar-refractivity contribution is -0.146. The Morgan fingerprint density at radius 1 is 1.45 bits per heavy atom. The summed E-state index contributed by atoms with van der Waals surface area (Å²) in [5.41, 5.74) is -0.0651. The number of carboxylic acid groups (broad SMARTS) is 1. The Labute approximate surface area is 115 Å². The van der Waals surface area contributed by atoms with E-state index in [-0.39, 0.29) is 5.76 Å². The summed E-state index contributed by atoms with van der Waals surface area (Å²) in [6.45, 7) is 4.80. The molecule has 106 valence electrons. The van der Waals surface area contributed by atoms with Crippen LogP contribution in [-0.2, 0) is 10.3 Å². The van der Waals surface area contributed by atoms with Crippen molar-refractivity contribution in [2.45, 2.75) is 26.3 Å². The van der Waals surface area contributed by atoms with E-state index in [0.29, 0.717) is 5.69 Å². The van der Waals surface area contributed by atoms with Gasteiger partial charge in [0.2, 0.25) is 0 Å². The second-order valence-electron chi connectivity index (χ2n) is 4.92. The number of carbonyl (C=O) groups is 2. The highest BCUT2D eigenvalue weighted by molar-refractivity contribution is 6.03. The second kappa shape index (κ2) is 4.84. The van der Waals surface area contributed by atoms with Crippen molar-refractivity contribution in [2.75, 3.05) is 5.32 Å². The minimum absolute atomic E-state index is 0.218. The van der Waals surface area contributed by atoms with Crippen LogP contribution >= 0.6 is 0 Å². The van der Waals surface area contributed by atoms with Gasteiger partial charge in [-0.05, 0) is 26.8 Å². The fourth-order valence-electron chi connectivity index (χ4n) is 1.58. The number of aromatic nitrogens is 2. The number of furan rings is 1. The SMILES string of the molecule is Cc1ccoc1C(=O)Nc1cnn(C(C)(C)C(=O)O)c1. The minimum atomic E-state index is -1.19. The van der Waals surface area contributed by atoms with Crippen LogP contribution in [0.4, 0.5) is 5.69 Å². The lowest BCUT2D eigenvalue weighted by atomic mass is 10.1. The maximum absolute atomic E-state index is 11.9. The van der Waals surface area contributed by atoms with Crippen molar-refractivity contribution in [1.82, 2.24) is 9.78 Å². The number of anilines is 1. The molecular formula is C13H15N3O4. The monoisotopic (exact) mass is 277 g/mol. The van der Waals surface area contributed by atoms with Gasteiger partial charge >= 0.3 is 5.97 Å². The number of aryl methyl sites for hydroxylation is 1. The Bertz CT molecular complexity index is 654. The molecule has 2 heterocycles. The highest BCUT2D eigenvalue weighted by Crippen LogP contribution is 2.18. The molecule has 0 atom stereocenters. The van der Waals surface area contributed by atoms with Gasteiger partial charge in [-0.3, -0.25) is 9.48 Å². The first-order valence-corrected chi connectivity index (χ1v) is 5.96. The molecule has 0 fully saturated rings. The maximum atomic E-state index is 11.9. The van der Waals surface area contributed by atoms with Gasteiger partial charge in [0, 0.05) is 11.8 Å². The highest BCUT2D eigenvalue weighted by Gasteiger charge is 2.30. The van der Waals surface area contributed by atoms with Crippen LogP contribution in [0.15, 0.2) is 29.1 Å². The summed E-state index contributed by atoms with van der Waals surface area (Å²) in [4.78, 5) is 23.1. The van der Waals surface area contributed by atoms with Gasteiger partial charge in [0.1, 0.15) is 0 Å². The molecule has 2 rings (SSSR count). The molecule has 7 heteroatoms. The van der Waals surface area contributed by atoms with E-state index in [9.17, 15) is 9.59 Å². The zero-order valence-electron chi connectivity index (χ0n) is 11.4. The van der Waals surface area contributed by atoms with E-state index in [4.69, 9.17) is 9.52 Å². The van der Waals surface area contributed by atoms with Gasteiger partial charge in [0.25, 0.3) is 5.91 Å². The van der Waals surface area contributed by atoms with Crippen LogP contribution in [0.3, 0.4) is 0 Å². The molecule has 0 aliphatic rings. The van der Waals surface area contributed by atoms with Crippen molar-refractivity contribution in [3.63, 3.8) is 0 Å². The molecule has 0 saturated carbocycles. The average Bonchev–Trinajstić information content (AvgIpc) is 2.97. The summed E-state index contributed by atoms with van der Waals surface area (Å²) in [6, 6.07) is 1.69. The van der Waals surface area contributed by atoms with Gasteiger partial charge in [-0.25, -0.2) is 4.79 Å². The minimum Gasteiger partial charge on any atom is -0.479 e. The number of nitrogens with zero attached hydrogens (tertiary/aromatic N) is 2. The van der Waals surface area contributed by atoms with Gasteiger partial charge in [-0.1, -0.05) is 0 Å². The number of rotatable bonds is 4. The third-order valence-electron chi connectivity index (χ3n) is 3.00. The van der Waals surface area contributed by atoms with Crippen molar-refractivity contribution >= 4 is 17.6 Å². The highest BCUT2D eigenvalue weighted by atomic mass is 16.4. The fraction of sp³-hybridized carbons (Fsp3) is 0.308. The topological polar surface area (TPSA) is 97.4 Å². The fourth-order valence-corrected chi connectivity index (χ4v) is 1.58. The number of nitrogens with one attached hydrogen (secondary N) is 1. The standard InChI is InChI=1S/C13H15N3O4/c1-8-4-5-20-10(8)11(17)15-9-6-14-16(7-9)13(2,3)12(18)19/h4-7H,1-3H3,(H,15,17)(H,18,19). The smallest absolute Gasteiger partial charge is 0.331 e. The number of aliphatic carboxylic acids is 1. The predicted molar refractivity (Wildman–Crippen MR) is 70.6 cm³/mol. The summed E-state index contributed by atoms with van der Waals surface area (Å²) >= 11 is 0. The van der Waals surface area contributed by atoms with Crippen LogP contribution in [0.5, 0.6) is 0 Å². The Morgan fingerprint density at radius 3 is 2.70 bits per heavy atom. The maximum Gasteiger partial charge on any atom is 0.331 e. The Kier molecular flexibility index (Phi) is 3.35. The van der Waals surface area contributed by atoms with Gasteiger partial charge in [0.05, 0.1) is 18.1 Å². The number of amides is 1. The van der Waals surface area contributed by atoms with Gasteiger partial charge in [0.15, 0.2) is 11.3 Å². The lowest BCUT2D eigenvalue weighted by Crippen LogP contribution is -2.35. The van der Waals surface area contributed by atoms with E-state index in [0.717, 1.165) is 5.56 Å². The Morgan fingerprint density at radius 2 is 2.15 bits per heavy atom. The molecule has 0 bridgehead atoms. The first-order valence-electron chi connectivity index (χ1n) is 5.96. The van der Waals surface area contributed by atoms with Crippen molar-refractivity contribution in [3.8, 4) is 0 Å². The molecule has 2 N–H and O–H groups in total. The quantitative estimate of drug-likeness (QED) is 0.888. The molecule has 0 aliphatic heterocycles. The zero-order valence-corrected chi connectivity index (χ0v) is 11.4. The van der Waals surface area contributed by atoms with Crippen molar-refractivity contribution in [3.05, 3.63) is 36.0 Å². The summed E-state index contributed by atoms with van der Waals surface area (Å²) < 4.78 is 6.35. The number of carboxylic acids is 1. The summed E-state index contributed by atoms with van der Waals surface area (Å²) in [6.07, 6.45) is 4.28. The third kappa shape index (κ3) is 2.42. The van der Waals surface area contributed by atoms with Gasteiger partial charge in [-0.2, -0.15) is 5.10 Å². The molecule has 0 radical (unpaired) electrons. The second-order valence-corrected chi connectivity index (χ2v) is 4.92. The molecule has 2 aromatic rings. The lowest BCUT2D eigenvalue weighted by Gasteiger charge is -2.19. The molecular weight excluding hydrogens is 262 g/mol. The molecule has 2 aromatic heterocycles. The first kappa shape index (κ1) is 13.9. The third-order valence-corrected chi connectivity index (χ3v) is 3.00. The summed E-state index contributed by atoms with van der Waals surface area (Å²) in [7, 11) is 0. The van der Waals surface area contributed by atoms with Crippen molar-refractivity contribution in [2.24, 2.45) is 0 Å². The zero-order chi connectivity index (χ0) is 14.9. The summed E-state index contributed by atoms with van der Waals surface area (Å²) in [5.74, 6) is -1.20. The molecule has 0 saturated heterocycles. The van der Waals surface area contributed by atoms with Gasteiger partial charge < -0.3 is 14.8 Å². The Balaban J connectivity index is 2.17. The first-order chi connectivity index (χ1) is 9.32. The van der Waals surface area contributed by atoms with Crippen LogP contribution in [0.2, 0.25) is 0 Å². The Hall–Kier alpha value is -2.57. The van der Waals surface area contributed by atoms with Crippen LogP contribution in [0.1, 0.15) is 30.0 Å². The van der Waals surface area contributed by atoms with E-state index >= 15 is 0 Å². The van der Waals surface area contributed by atoms with Crippen molar-refractivity contribution in [1.29, 1.82) is 0 Å². The van der Waals surface area contributed by atoms with Crippen LogP contribution in [-0.4, -0.2) is 26.8 Å². The largest absolute Gasteiger partial charge is 0.479 e. The summed E-state index contributed by atoms with van der Waals surface area (Å²) in [5, 5.41) is 15.7. The van der Waals surface area contributed by atoms with E-state index in [1.54, 1.807) is 13.0 Å². The van der Waals surface area contributed by atoms with Crippen molar-refractivity contribution < 1.29 is 19.1 Å². The average molecular weight is 277 g/mol. The molecule has 1 amide bonds. The van der Waals surface area contributed by atoms with E-state index in [2.05, 4.69) is 10.4 Å². The van der Waals surface area contributed by atoms with E-state index in [1.165, 1.54) is 37.2 Å². The normalized spacial score (nSPS) is 11.3. The number of hydrogen-bond acceptors (Lipinski definition) is 4. The van der Waals surface area contributed by atoms with Gasteiger partial charge in [-0.15, -0.1) is 0 Å². The van der Waals surface area contributed by atoms with E-state index in [1.807, 2.05) is 0 Å². The predicted octanol–water partition coefficient (Wildman–Crippen LogP) is 1.86. The molecule has 0 spiro atoms. The number of carbonyl (C=O) groups excluding carboxylic acids is 1. The van der Waals surface area contributed by atoms with E-state index < -0.39 is 17.4 Å². The van der Waals surface area contributed by atoms with Crippen LogP contribution in [0, 0.1) is 6.92 Å². The molecule has 0 unspecified atom stereocenters. The number of hydrogen-bond donors (Lipinski definition) is 2. The molecule has 7 nitrogen and oxygen atoms in total. The molecule has 0 aliphatic carbocycles. The molecule has 0 aromatic carbocycles. The molecule has 20 heavy (non-hydrogen) atoms. The van der Waals surface area contributed by atoms with Crippen LogP contribution < -0.4 is 5.32 Å².